The molecule has 31 heavy (non-hydrogen) atoms. The van der Waals surface area contributed by atoms with Gasteiger partial charge in [0.15, 0.2) is 0 Å². The zero-order valence-electron chi connectivity index (χ0n) is 20.3. The van der Waals surface area contributed by atoms with Crippen LogP contribution >= 0.6 is 22.7 Å². The lowest BCUT2D eigenvalue weighted by Gasteiger charge is -2.32. The summed E-state index contributed by atoms with van der Waals surface area (Å²) in [5.41, 5.74) is 1.33. The average Bonchev–Trinajstić information content (AvgIpc) is 3.33. The Kier molecular flexibility index (Phi) is 4.49. The first-order valence-corrected chi connectivity index (χ1v) is 12.7. The van der Waals surface area contributed by atoms with Crippen molar-refractivity contribution < 1.29 is 18.6 Å². The Bertz CT molecular complexity index is 950. The van der Waals surface area contributed by atoms with Gasteiger partial charge in [0.25, 0.3) is 0 Å². The van der Waals surface area contributed by atoms with Crippen LogP contribution in [0.25, 0.3) is 9.75 Å². The highest BCUT2D eigenvalue weighted by atomic mass is 32.1. The molecule has 2 aromatic rings. The summed E-state index contributed by atoms with van der Waals surface area (Å²) < 4.78 is 27.6. The van der Waals surface area contributed by atoms with Crippen LogP contribution in [0.2, 0.25) is 0 Å². The van der Waals surface area contributed by atoms with Crippen LogP contribution in [-0.2, 0) is 24.0 Å². The van der Waals surface area contributed by atoms with E-state index in [9.17, 15) is 0 Å². The summed E-state index contributed by atoms with van der Waals surface area (Å²) in [6.07, 6.45) is 0. The van der Waals surface area contributed by atoms with Crippen LogP contribution < -0.4 is 9.55 Å². The fraction of sp³-hybridized carbons (Fsp3) is 0.652. The molecule has 4 nitrogen and oxygen atoms in total. The number of fused-ring (bicyclic) bond motifs is 3. The molecule has 0 N–H and O–H groups in total. The lowest BCUT2D eigenvalue weighted by atomic mass is 9.79. The Balaban J connectivity index is 1.50. The van der Waals surface area contributed by atoms with Gasteiger partial charge in [-0.1, -0.05) is 13.8 Å². The van der Waals surface area contributed by atoms with E-state index in [0.717, 1.165) is 9.55 Å². The van der Waals surface area contributed by atoms with Crippen molar-refractivity contribution in [2.75, 3.05) is 0 Å². The number of rotatable bonds is 2. The number of thiophene rings is 2. The first-order valence-electron chi connectivity index (χ1n) is 11.1. The normalized spacial score (nSPS) is 26.4. The third kappa shape index (κ3) is 3.02. The molecule has 0 atom stereocenters. The van der Waals surface area contributed by atoms with Gasteiger partial charge in [0.05, 0.1) is 22.4 Å². The zero-order valence-corrected chi connectivity index (χ0v) is 21.9. The van der Waals surface area contributed by atoms with Crippen LogP contribution in [0, 0.1) is 0 Å². The van der Waals surface area contributed by atoms with E-state index in [0.29, 0.717) is 0 Å². The fourth-order valence-electron chi connectivity index (χ4n) is 4.38. The molecule has 2 saturated heterocycles. The Labute approximate surface area is 194 Å². The molecule has 0 radical (unpaired) electrons. The highest BCUT2D eigenvalue weighted by molar-refractivity contribution is 7.31. The van der Waals surface area contributed by atoms with E-state index in [1.54, 1.807) is 22.7 Å². The zero-order chi connectivity index (χ0) is 22.8. The Morgan fingerprint density at radius 2 is 0.839 bits per heavy atom. The summed E-state index contributed by atoms with van der Waals surface area (Å²) in [4.78, 5) is 2.66. The van der Waals surface area contributed by atoms with Crippen molar-refractivity contribution in [1.82, 2.24) is 0 Å². The summed E-state index contributed by atoms with van der Waals surface area (Å²) in [6, 6.07) is 4.59. The van der Waals surface area contributed by atoms with Crippen molar-refractivity contribution in [1.29, 1.82) is 0 Å². The van der Waals surface area contributed by atoms with Crippen molar-refractivity contribution in [3.05, 3.63) is 23.3 Å². The molecule has 1 aliphatic carbocycles. The van der Waals surface area contributed by atoms with Gasteiger partial charge in [-0.3, -0.25) is 0 Å². The van der Waals surface area contributed by atoms with E-state index in [1.807, 2.05) is 0 Å². The molecule has 0 saturated carbocycles. The molecule has 166 valence electrons. The highest BCUT2D eigenvalue weighted by Crippen LogP contribution is 2.53. The largest absolute Gasteiger partial charge is 0.505 e. The molecule has 2 fully saturated rings. The summed E-state index contributed by atoms with van der Waals surface area (Å²) in [6.45, 7) is 21.4. The van der Waals surface area contributed by atoms with Gasteiger partial charge in [-0.25, -0.2) is 0 Å². The minimum absolute atomic E-state index is 0.0680. The van der Waals surface area contributed by atoms with Crippen LogP contribution in [0.15, 0.2) is 12.1 Å². The third-order valence-corrected chi connectivity index (χ3v) is 10.5. The topological polar surface area (TPSA) is 36.9 Å². The fourth-order valence-corrected chi connectivity index (χ4v) is 7.10. The van der Waals surface area contributed by atoms with Gasteiger partial charge in [0.1, 0.15) is 0 Å². The van der Waals surface area contributed by atoms with Gasteiger partial charge in [-0.05, 0) is 78.6 Å². The van der Waals surface area contributed by atoms with Crippen molar-refractivity contribution in [3.8, 4) is 9.75 Å². The van der Waals surface area contributed by atoms with E-state index >= 15 is 0 Å². The first kappa shape index (κ1) is 22.2. The number of hydrogen-bond donors (Lipinski definition) is 0. The van der Waals surface area contributed by atoms with E-state index in [-0.39, 0.29) is 42.1 Å². The lowest BCUT2D eigenvalue weighted by molar-refractivity contribution is 0.00578. The maximum Gasteiger partial charge on any atom is 0.505 e. The van der Waals surface area contributed by atoms with E-state index in [4.69, 9.17) is 18.6 Å². The van der Waals surface area contributed by atoms with Crippen molar-refractivity contribution >= 4 is 46.5 Å². The molecule has 0 unspecified atom stereocenters. The summed E-state index contributed by atoms with van der Waals surface area (Å²) in [5, 5.41) is 0. The Hall–Kier alpha value is -0.630. The number of hydrogen-bond acceptors (Lipinski definition) is 6. The molecule has 0 amide bonds. The van der Waals surface area contributed by atoms with Crippen LogP contribution in [-0.4, -0.2) is 36.6 Å². The second kappa shape index (κ2) is 6.28. The SMILES string of the molecule is CC1(C)c2cc(B3OC(C)(C)C(C)(C)O3)sc2-c2sc(B3OC(C)(C)C(C)(C)O3)cc21. The van der Waals surface area contributed by atoms with Crippen molar-refractivity contribution in [2.24, 2.45) is 0 Å². The standard InChI is InChI=1S/C23H32B2O4S2/c1-19(2)13-11-15(24-26-20(3,4)21(5,6)27-24)30-17(13)18-14(19)12-16(31-18)25-28-22(7,8)23(9,10)29-25/h11-12H,1-10H3. The van der Waals surface area contributed by atoms with Gasteiger partial charge in [0.2, 0.25) is 0 Å². The van der Waals surface area contributed by atoms with Gasteiger partial charge in [-0.2, -0.15) is 0 Å². The second-order valence-electron chi connectivity index (χ2n) is 11.6. The van der Waals surface area contributed by atoms with Crippen LogP contribution in [0.4, 0.5) is 0 Å². The summed E-state index contributed by atoms with van der Waals surface area (Å²) in [7, 11) is -0.634. The molecule has 2 aliphatic heterocycles. The predicted molar refractivity (Wildman–Crippen MR) is 131 cm³/mol. The monoisotopic (exact) mass is 458 g/mol. The second-order valence-corrected chi connectivity index (χ2v) is 13.8. The highest BCUT2D eigenvalue weighted by Gasteiger charge is 2.55. The van der Waals surface area contributed by atoms with Gasteiger partial charge < -0.3 is 18.6 Å². The Morgan fingerprint density at radius 1 is 0.548 bits per heavy atom. The van der Waals surface area contributed by atoms with E-state index < -0.39 is 0 Å². The molecule has 8 heteroatoms. The van der Waals surface area contributed by atoms with Crippen LogP contribution in [0.1, 0.15) is 80.4 Å². The molecule has 2 aromatic heterocycles. The van der Waals surface area contributed by atoms with Crippen molar-refractivity contribution in [2.45, 2.75) is 97.1 Å². The molecule has 5 rings (SSSR count). The van der Waals surface area contributed by atoms with Gasteiger partial charge >= 0.3 is 14.2 Å². The maximum atomic E-state index is 6.33. The summed E-state index contributed by atoms with van der Waals surface area (Å²) >= 11 is 3.60. The summed E-state index contributed by atoms with van der Waals surface area (Å²) in [5.74, 6) is 0. The van der Waals surface area contributed by atoms with Crippen LogP contribution in [0.3, 0.4) is 0 Å². The molecule has 0 spiro atoms. The average molecular weight is 458 g/mol. The Morgan fingerprint density at radius 3 is 1.13 bits per heavy atom. The molecule has 0 aromatic carbocycles. The van der Waals surface area contributed by atoms with Gasteiger partial charge in [0, 0.05) is 24.7 Å². The predicted octanol–water partition coefficient (Wildman–Crippen LogP) is 4.71. The molecule has 3 aliphatic rings. The van der Waals surface area contributed by atoms with Gasteiger partial charge in [-0.15, -0.1) is 22.7 Å². The molecule has 0 bridgehead atoms. The smallest absolute Gasteiger partial charge is 0.399 e. The lowest BCUT2D eigenvalue weighted by Crippen LogP contribution is -2.41. The van der Waals surface area contributed by atoms with E-state index in [1.165, 1.54) is 20.9 Å². The maximum absolute atomic E-state index is 6.33. The minimum atomic E-state index is -0.334. The third-order valence-electron chi connectivity index (χ3n) is 8.03. The molecular formula is C23H32B2O4S2. The first-order chi connectivity index (χ1) is 14.1. The molecular weight excluding hydrogens is 426 g/mol. The minimum Gasteiger partial charge on any atom is -0.399 e. The van der Waals surface area contributed by atoms with Crippen LogP contribution in [0.5, 0.6) is 0 Å². The van der Waals surface area contributed by atoms with Crippen molar-refractivity contribution in [3.63, 3.8) is 0 Å². The van der Waals surface area contributed by atoms with E-state index in [2.05, 4.69) is 81.4 Å². The quantitative estimate of drug-likeness (QED) is 0.611. The molecule has 4 heterocycles.